The zero-order valence-electron chi connectivity index (χ0n) is 15.4. The van der Waals surface area contributed by atoms with E-state index < -0.39 is 6.29 Å². The molecule has 6 nitrogen and oxygen atoms in total. The Balaban J connectivity index is 1.61. The summed E-state index contributed by atoms with van der Waals surface area (Å²) in [4.78, 5) is 12.3. The summed E-state index contributed by atoms with van der Waals surface area (Å²) < 4.78 is 15.4. The van der Waals surface area contributed by atoms with Gasteiger partial charge in [0.25, 0.3) is 0 Å². The lowest BCUT2D eigenvalue weighted by Gasteiger charge is -2.26. The van der Waals surface area contributed by atoms with Crippen LogP contribution in [-0.2, 0) is 20.8 Å². The minimum absolute atomic E-state index is 0.0729. The summed E-state index contributed by atoms with van der Waals surface area (Å²) in [5.74, 6) is 0.653. The molecule has 3 atom stereocenters. The number of rotatable bonds is 4. The molecule has 148 valence electrons. The zero-order chi connectivity index (χ0) is 20.0. The Hall–Kier alpha value is -2.32. The van der Waals surface area contributed by atoms with Crippen LogP contribution in [0, 0.1) is 4.77 Å². The van der Waals surface area contributed by atoms with Crippen molar-refractivity contribution in [1.82, 2.24) is 14.3 Å². The number of carbonyl (C=O) groups excluding carboxylic acids is 1. The van der Waals surface area contributed by atoms with Gasteiger partial charge in [-0.2, -0.15) is 5.10 Å². The number of Topliss-reactive ketones (excluding diaryl/α,β-unsaturated/α-hetero) is 1. The minimum atomic E-state index is -0.743. The highest BCUT2D eigenvalue weighted by Crippen LogP contribution is 2.34. The number of ketones is 1. The lowest BCUT2D eigenvalue weighted by molar-refractivity contribution is -0.156. The summed E-state index contributed by atoms with van der Waals surface area (Å²) in [6, 6.07) is 17.3. The van der Waals surface area contributed by atoms with Crippen LogP contribution in [0.25, 0.3) is 11.4 Å². The van der Waals surface area contributed by atoms with Gasteiger partial charge in [-0.3, -0.25) is 9.36 Å². The van der Waals surface area contributed by atoms with Crippen LogP contribution in [-0.4, -0.2) is 39.1 Å². The Labute approximate surface area is 177 Å². The van der Waals surface area contributed by atoms with Crippen LogP contribution < -0.4 is 0 Å². The van der Waals surface area contributed by atoms with E-state index >= 15 is 0 Å². The van der Waals surface area contributed by atoms with Crippen molar-refractivity contribution in [3.05, 3.63) is 70.0 Å². The predicted molar refractivity (Wildman–Crippen MR) is 110 cm³/mol. The predicted octanol–water partition coefficient (Wildman–Crippen LogP) is 4.04. The molecule has 0 saturated carbocycles. The largest absolute Gasteiger partial charge is 0.343 e. The summed E-state index contributed by atoms with van der Waals surface area (Å²) in [5, 5.41) is 5.48. The number of nitrogens with zero attached hydrogens (tertiary/aromatic N) is 3. The number of hydrogen-bond donors (Lipinski definition) is 0. The normalized spacial score (nSPS) is 23.5. The Kier molecular flexibility index (Phi) is 4.83. The van der Waals surface area contributed by atoms with Crippen LogP contribution in [0.1, 0.15) is 18.0 Å². The van der Waals surface area contributed by atoms with E-state index in [0.29, 0.717) is 29.4 Å². The molecule has 0 amide bonds. The Morgan fingerprint density at radius 3 is 2.66 bits per heavy atom. The fourth-order valence-electron chi connectivity index (χ4n) is 3.82. The lowest BCUT2D eigenvalue weighted by Crippen LogP contribution is -2.37. The molecule has 2 aliphatic heterocycles. The first-order valence-electron chi connectivity index (χ1n) is 9.39. The van der Waals surface area contributed by atoms with Gasteiger partial charge in [0.05, 0.1) is 19.2 Å². The van der Waals surface area contributed by atoms with Crippen LogP contribution >= 0.6 is 23.8 Å². The standard InChI is InChI=1S/C21H18ClN3O3S/c22-15-8-6-14(7-9-15)19-23-25(16-10-17(26)20-27-12-18(16)28-20)21(29)24(19)11-13-4-2-1-3-5-13/h1-9,16,18,20H,10-12H2/t16-,18+,20+/m0/s1. The highest BCUT2D eigenvalue weighted by Gasteiger charge is 2.45. The average molecular weight is 428 g/mol. The van der Waals surface area contributed by atoms with Crippen molar-refractivity contribution in [2.45, 2.75) is 31.4 Å². The van der Waals surface area contributed by atoms with Crippen molar-refractivity contribution >= 4 is 29.6 Å². The van der Waals surface area contributed by atoms with Crippen LogP contribution in [0.5, 0.6) is 0 Å². The maximum absolute atomic E-state index is 12.3. The molecule has 0 spiro atoms. The van der Waals surface area contributed by atoms with E-state index in [1.54, 1.807) is 4.68 Å². The highest BCUT2D eigenvalue weighted by atomic mass is 35.5. The highest BCUT2D eigenvalue weighted by molar-refractivity contribution is 7.71. The van der Waals surface area contributed by atoms with Gasteiger partial charge in [0.1, 0.15) is 6.10 Å². The van der Waals surface area contributed by atoms with Gasteiger partial charge >= 0.3 is 0 Å². The molecule has 5 rings (SSSR count). The van der Waals surface area contributed by atoms with E-state index in [4.69, 9.17) is 38.4 Å². The van der Waals surface area contributed by atoms with E-state index in [-0.39, 0.29) is 17.9 Å². The number of carbonyl (C=O) groups is 1. The molecule has 3 aromatic rings. The third-order valence-electron chi connectivity index (χ3n) is 5.30. The van der Waals surface area contributed by atoms with Gasteiger partial charge in [0, 0.05) is 17.0 Å². The monoisotopic (exact) mass is 427 g/mol. The lowest BCUT2D eigenvalue weighted by atomic mass is 10.0. The molecule has 2 fully saturated rings. The molecule has 2 aromatic carbocycles. The number of aromatic nitrogens is 3. The minimum Gasteiger partial charge on any atom is -0.343 e. The third kappa shape index (κ3) is 3.44. The van der Waals surface area contributed by atoms with Crippen LogP contribution in [0.3, 0.4) is 0 Å². The third-order valence-corrected chi connectivity index (χ3v) is 5.96. The Morgan fingerprint density at radius 2 is 1.90 bits per heavy atom. The van der Waals surface area contributed by atoms with E-state index in [0.717, 1.165) is 17.0 Å². The average Bonchev–Trinajstić information content (AvgIpc) is 3.30. The van der Waals surface area contributed by atoms with Crippen molar-refractivity contribution in [2.24, 2.45) is 0 Å². The molecule has 2 bridgehead atoms. The maximum atomic E-state index is 12.3. The SMILES string of the molecule is O=C1C[C@H](n2nc(-c3ccc(Cl)cc3)n(Cc3ccccc3)c2=S)[C@H]2CO[C@@H]1O2. The van der Waals surface area contributed by atoms with Crippen LogP contribution in [0.4, 0.5) is 0 Å². The summed E-state index contributed by atoms with van der Waals surface area (Å²) in [5.41, 5.74) is 2.01. The smallest absolute Gasteiger partial charge is 0.218 e. The van der Waals surface area contributed by atoms with Crippen LogP contribution in [0.2, 0.25) is 5.02 Å². The second kappa shape index (κ2) is 7.50. The van der Waals surface area contributed by atoms with Crippen molar-refractivity contribution in [2.75, 3.05) is 6.61 Å². The number of hydrogen-bond acceptors (Lipinski definition) is 5. The summed E-state index contributed by atoms with van der Waals surface area (Å²) in [7, 11) is 0. The van der Waals surface area contributed by atoms with Gasteiger partial charge in [-0.15, -0.1) is 0 Å². The van der Waals surface area contributed by atoms with Gasteiger partial charge in [0.15, 0.2) is 16.4 Å². The second-order valence-corrected chi connectivity index (χ2v) is 8.01. The molecule has 1 aromatic heterocycles. The molecule has 0 unspecified atom stereocenters. The van der Waals surface area contributed by atoms with Gasteiger partial charge in [-0.1, -0.05) is 41.9 Å². The molecule has 0 aliphatic carbocycles. The Morgan fingerprint density at radius 1 is 1.14 bits per heavy atom. The Bertz CT molecular complexity index is 1110. The summed E-state index contributed by atoms with van der Waals surface area (Å²) >= 11 is 11.9. The first-order valence-corrected chi connectivity index (χ1v) is 10.2. The number of fused-ring (bicyclic) bond motifs is 2. The number of benzene rings is 2. The van der Waals surface area contributed by atoms with Crippen molar-refractivity contribution in [1.29, 1.82) is 0 Å². The van der Waals surface area contributed by atoms with Crippen molar-refractivity contribution in [3.63, 3.8) is 0 Å². The zero-order valence-corrected chi connectivity index (χ0v) is 17.0. The maximum Gasteiger partial charge on any atom is 0.218 e. The summed E-state index contributed by atoms with van der Waals surface area (Å²) in [6.07, 6.45) is -0.679. The molecule has 29 heavy (non-hydrogen) atoms. The number of ether oxygens (including phenoxy) is 2. The van der Waals surface area contributed by atoms with Gasteiger partial charge in [0.2, 0.25) is 6.29 Å². The van der Waals surface area contributed by atoms with Crippen molar-refractivity contribution < 1.29 is 14.3 Å². The molecule has 0 radical (unpaired) electrons. The topological polar surface area (TPSA) is 58.3 Å². The fourth-order valence-corrected chi connectivity index (χ4v) is 4.27. The van der Waals surface area contributed by atoms with Gasteiger partial charge in [-0.25, -0.2) is 4.68 Å². The first-order chi connectivity index (χ1) is 14.1. The molecule has 8 heteroatoms. The molecular formula is C21H18ClN3O3S. The quantitative estimate of drug-likeness (QED) is 0.588. The number of halogens is 1. The molecule has 0 N–H and O–H groups in total. The van der Waals surface area contributed by atoms with E-state index in [1.807, 2.05) is 59.2 Å². The van der Waals surface area contributed by atoms with E-state index in [2.05, 4.69) is 0 Å². The molecule has 3 heterocycles. The first kappa shape index (κ1) is 18.7. The molecular weight excluding hydrogens is 410 g/mol. The van der Waals surface area contributed by atoms with E-state index in [1.165, 1.54) is 0 Å². The summed E-state index contributed by atoms with van der Waals surface area (Å²) in [6.45, 7) is 0.938. The van der Waals surface area contributed by atoms with Gasteiger partial charge in [-0.05, 0) is 42.0 Å². The van der Waals surface area contributed by atoms with E-state index in [9.17, 15) is 4.79 Å². The van der Waals surface area contributed by atoms with Gasteiger partial charge < -0.3 is 9.47 Å². The fraction of sp³-hybridized carbons (Fsp3) is 0.286. The molecule has 2 aliphatic rings. The van der Waals surface area contributed by atoms with Crippen LogP contribution in [0.15, 0.2) is 54.6 Å². The second-order valence-electron chi connectivity index (χ2n) is 7.21. The van der Waals surface area contributed by atoms with Crippen molar-refractivity contribution in [3.8, 4) is 11.4 Å². The molecule has 2 saturated heterocycles.